The molecular weight excluding hydrogens is 231 g/mol. The molecule has 0 radical (unpaired) electrons. The van der Waals surface area contributed by atoms with E-state index in [2.05, 4.69) is 5.32 Å². The average molecular weight is 250 g/mol. The summed E-state index contributed by atoms with van der Waals surface area (Å²) in [7, 11) is 3.45. The second kappa shape index (κ2) is 5.48. The summed E-state index contributed by atoms with van der Waals surface area (Å²) in [6.07, 6.45) is -0.0311. The van der Waals surface area contributed by atoms with Crippen molar-refractivity contribution in [2.45, 2.75) is 18.5 Å². The lowest BCUT2D eigenvalue weighted by Crippen LogP contribution is -2.36. The molecule has 1 aromatic carbocycles. The van der Waals surface area contributed by atoms with Crippen LogP contribution in [-0.2, 0) is 0 Å². The lowest BCUT2D eigenvalue weighted by molar-refractivity contribution is 0.0827. The van der Waals surface area contributed by atoms with Crippen LogP contribution in [0.4, 0.5) is 4.39 Å². The summed E-state index contributed by atoms with van der Waals surface area (Å²) in [6, 6.07) is 7.32. The van der Waals surface area contributed by atoms with Gasteiger partial charge < -0.3 is 10.2 Å². The number of nitrogens with zero attached hydrogens (tertiary/aromatic N) is 1. The van der Waals surface area contributed by atoms with Crippen LogP contribution in [0.1, 0.15) is 28.3 Å². The van der Waals surface area contributed by atoms with E-state index in [4.69, 9.17) is 0 Å². The van der Waals surface area contributed by atoms with Crippen molar-refractivity contribution < 1.29 is 9.18 Å². The number of nitrogens with one attached hydrogen (secondary N) is 1. The van der Waals surface area contributed by atoms with Gasteiger partial charge in [0.1, 0.15) is 6.17 Å². The summed E-state index contributed by atoms with van der Waals surface area (Å²) in [6.45, 7) is 1.27. The maximum Gasteiger partial charge on any atom is 0.253 e. The topological polar surface area (TPSA) is 32.3 Å². The molecule has 3 nitrogen and oxygen atoms in total. The van der Waals surface area contributed by atoms with E-state index in [1.807, 2.05) is 12.1 Å². The molecule has 1 saturated heterocycles. The minimum atomic E-state index is -0.839. The third-order valence-corrected chi connectivity index (χ3v) is 3.40. The van der Waals surface area contributed by atoms with Crippen molar-refractivity contribution in [3.8, 4) is 0 Å². The van der Waals surface area contributed by atoms with Gasteiger partial charge in [0, 0.05) is 32.1 Å². The minimum absolute atomic E-state index is 0.0244. The Morgan fingerprint density at radius 2 is 2.00 bits per heavy atom. The summed E-state index contributed by atoms with van der Waals surface area (Å²) in [4.78, 5) is 13.3. The van der Waals surface area contributed by atoms with E-state index in [-0.39, 0.29) is 11.8 Å². The molecule has 0 aliphatic carbocycles. The number of rotatable bonds is 2. The molecule has 1 aromatic rings. The van der Waals surface area contributed by atoms with Crippen LogP contribution in [0.5, 0.6) is 0 Å². The van der Waals surface area contributed by atoms with Crippen molar-refractivity contribution in [2.24, 2.45) is 0 Å². The fraction of sp³-hybridized carbons (Fsp3) is 0.500. The molecule has 2 rings (SSSR count). The first-order valence-electron chi connectivity index (χ1n) is 6.26. The predicted molar refractivity (Wildman–Crippen MR) is 69.6 cm³/mol. The Kier molecular flexibility index (Phi) is 3.97. The number of benzene rings is 1. The molecule has 18 heavy (non-hydrogen) atoms. The van der Waals surface area contributed by atoms with Crippen LogP contribution in [0, 0.1) is 0 Å². The van der Waals surface area contributed by atoms with Gasteiger partial charge in [0.05, 0.1) is 0 Å². The third kappa shape index (κ3) is 2.70. The maximum atomic E-state index is 13.8. The van der Waals surface area contributed by atoms with Crippen LogP contribution in [0.2, 0.25) is 0 Å². The molecule has 1 N–H and O–H groups in total. The van der Waals surface area contributed by atoms with Gasteiger partial charge in [-0.2, -0.15) is 0 Å². The summed E-state index contributed by atoms with van der Waals surface area (Å²) in [5, 5.41) is 3.04. The van der Waals surface area contributed by atoms with Gasteiger partial charge in [0.15, 0.2) is 0 Å². The first-order chi connectivity index (χ1) is 8.59. The maximum absolute atomic E-state index is 13.8. The van der Waals surface area contributed by atoms with Crippen molar-refractivity contribution >= 4 is 5.91 Å². The summed E-state index contributed by atoms with van der Waals surface area (Å²) in [5.41, 5.74) is 1.63. The smallest absolute Gasteiger partial charge is 0.253 e. The number of amides is 1. The van der Waals surface area contributed by atoms with Gasteiger partial charge in [0.25, 0.3) is 5.91 Å². The normalized spacial score (nSPS) is 23.7. The van der Waals surface area contributed by atoms with E-state index in [0.29, 0.717) is 12.1 Å². The van der Waals surface area contributed by atoms with Crippen molar-refractivity contribution in [3.63, 3.8) is 0 Å². The van der Waals surface area contributed by atoms with Crippen LogP contribution >= 0.6 is 0 Å². The van der Waals surface area contributed by atoms with E-state index >= 15 is 0 Å². The standard InChI is InChI=1S/C14H19FN2O/c1-17(2)14(18)11-5-3-10(4-6-11)12-7-8-16-9-13(12)15/h3-6,12-13,16H,7-9H2,1-2H3/t12?,13-/m1/s1. The number of hydrogen-bond acceptors (Lipinski definition) is 2. The van der Waals surface area contributed by atoms with Crippen LogP contribution in [0.15, 0.2) is 24.3 Å². The molecule has 1 heterocycles. The van der Waals surface area contributed by atoms with Gasteiger partial charge in [-0.25, -0.2) is 4.39 Å². The van der Waals surface area contributed by atoms with Crippen molar-refractivity contribution in [1.82, 2.24) is 10.2 Å². The molecule has 1 fully saturated rings. The van der Waals surface area contributed by atoms with E-state index < -0.39 is 6.17 Å². The SMILES string of the molecule is CN(C)C(=O)c1ccc(C2CCNC[C@H]2F)cc1. The van der Waals surface area contributed by atoms with Gasteiger partial charge in [-0.1, -0.05) is 12.1 Å². The number of alkyl halides is 1. The highest BCUT2D eigenvalue weighted by atomic mass is 19.1. The van der Waals surface area contributed by atoms with Crippen LogP contribution < -0.4 is 5.32 Å². The zero-order valence-electron chi connectivity index (χ0n) is 10.8. The van der Waals surface area contributed by atoms with E-state index in [1.54, 1.807) is 26.2 Å². The van der Waals surface area contributed by atoms with E-state index in [9.17, 15) is 9.18 Å². The molecule has 4 heteroatoms. The fourth-order valence-electron chi connectivity index (χ4n) is 2.33. The van der Waals surface area contributed by atoms with Crippen LogP contribution in [0.25, 0.3) is 0 Å². The molecule has 0 saturated carbocycles. The summed E-state index contributed by atoms with van der Waals surface area (Å²) in [5.74, 6) is -0.0709. The molecule has 1 aliphatic heterocycles. The molecule has 1 unspecified atom stereocenters. The number of carbonyl (C=O) groups is 1. The molecule has 0 aromatic heterocycles. The third-order valence-electron chi connectivity index (χ3n) is 3.40. The Labute approximate surface area is 107 Å². The van der Waals surface area contributed by atoms with E-state index in [1.165, 1.54) is 4.90 Å². The number of piperidine rings is 1. The zero-order valence-corrected chi connectivity index (χ0v) is 10.8. The Morgan fingerprint density at radius 3 is 2.56 bits per heavy atom. The number of carbonyl (C=O) groups excluding carboxylic acids is 1. The highest BCUT2D eigenvalue weighted by Crippen LogP contribution is 2.27. The molecule has 1 aliphatic rings. The predicted octanol–water partition coefficient (Wildman–Crippen LogP) is 1.80. The first-order valence-corrected chi connectivity index (χ1v) is 6.26. The Bertz CT molecular complexity index is 416. The fourth-order valence-corrected chi connectivity index (χ4v) is 2.33. The highest BCUT2D eigenvalue weighted by molar-refractivity contribution is 5.93. The lowest BCUT2D eigenvalue weighted by Gasteiger charge is -2.27. The molecule has 98 valence electrons. The monoisotopic (exact) mass is 250 g/mol. The average Bonchev–Trinajstić information content (AvgIpc) is 2.38. The quantitative estimate of drug-likeness (QED) is 0.868. The highest BCUT2D eigenvalue weighted by Gasteiger charge is 2.25. The molecule has 2 atom stereocenters. The van der Waals surface area contributed by atoms with E-state index in [0.717, 1.165) is 18.5 Å². The molecule has 0 spiro atoms. The summed E-state index contributed by atoms with van der Waals surface area (Å²) < 4.78 is 13.8. The Balaban J connectivity index is 2.14. The zero-order chi connectivity index (χ0) is 13.1. The summed E-state index contributed by atoms with van der Waals surface area (Å²) >= 11 is 0. The van der Waals surface area contributed by atoms with Crippen LogP contribution in [0.3, 0.4) is 0 Å². The van der Waals surface area contributed by atoms with Crippen molar-refractivity contribution in [3.05, 3.63) is 35.4 Å². The lowest BCUT2D eigenvalue weighted by atomic mass is 9.88. The number of hydrogen-bond donors (Lipinski definition) is 1. The Hall–Kier alpha value is -1.42. The van der Waals surface area contributed by atoms with Gasteiger partial charge in [-0.3, -0.25) is 4.79 Å². The minimum Gasteiger partial charge on any atom is -0.345 e. The van der Waals surface area contributed by atoms with Gasteiger partial charge >= 0.3 is 0 Å². The van der Waals surface area contributed by atoms with Crippen LogP contribution in [-0.4, -0.2) is 44.2 Å². The second-order valence-corrected chi connectivity index (χ2v) is 4.94. The van der Waals surface area contributed by atoms with Crippen molar-refractivity contribution in [2.75, 3.05) is 27.2 Å². The Morgan fingerprint density at radius 1 is 1.33 bits per heavy atom. The molecule has 0 bridgehead atoms. The first kappa shape index (κ1) is 13.0. The largest absolute Gasteiger partial charge is 0.345 e. The van der Waals surface area contributed by atoms with Gasteiger partial charge in [-0.05, 0) is 30.7 Å². The number of halogens is 1. The second-order valence-electron chi connectivity index (χ2n) is 4.94. The van der Waals surface area contributed by atoms with Gasteiger partial charge in [0.2, 0.25) is 0 Å². The molecule has 1 amide bonds. The van der Waals surface area contributed by atoms with Gasteiger partial charge in [-0.15, -0.1) is 0 Å². The molecular formula is C14H19FN2O. The van der Waals surface area contributed by atoms with Crippen molar-refractivity contribution in [1.29, 1.82) is 0 Å².